The summed E-state index contributed by atoms with van der Waals surface area (Å²) in [4.78, 5) is 4.41. The molecule has 1 fully saturated rings. The van der Waals surface area contributed by atoms with Crippen LogP contribution in [0.25, 0.3) is 0 Å². The van der Waals surface area contributed by atoms with Gasteiger partial charge in [-0.3, -0.25) is 4.98 Å². The lowest BCUT2D eigenvalue weighted by Crippen LogP contribution is -2.46. The fourth-order valence-electron chi connectivity index (χ4n) is 2.72. The molecule has 2 unspecified atom stereocenters. The number of nitrogens with zero attached hydrogens (tertiary/aromatic N) is 1. The molecule has 0 spiro atoms. The van der Waals surface area contributed by atoms with Gasteiger partial charge >= 0.3 is 0 Å². The summed E-state index contributed by atoms with van der Waals surface area (Å²) in [5.41, 5.74) is 2.18. The summed E-state index contributed by atoms with van der Waals surface area (Å²) < 4.78 is 6.07. The molecule has 1 aromatic rings. The van der Waals surface area contributed by atoms with Gasteiger partial charge in [0.15, 0.2) is 0 Å². The zero-order valence-corrected chi connectivity index (χ0v) is 11.7. The van der Waals surface area contributed by atoms with Crippen LogP contribution >= 0.6 is 0 Å². The van der Waals surface area contributed by atoms with Gasteiger partial charge in [-0.25, -0.2) is 0 Å². The maximum atomic E-state index is 6.07. The predicted octanol–water partition coefficient (Wildman–Crippen LogP) is 3.00. The van der Waals surface area contributed by atoms with Crippen LogP contribution in [0.3, 0.4) is 0 Å². The van der Waals surface area contributed by atoms with Gasteiger partial charge in [-0.1, -0.05) is 13.0 Å². The van der Waals surface area contributed by atoms with Crippen molar-refractivity contribution in [1.82, 2.24) is 10.3 Å². The van der Waals surface area contributed by atoms with Crippen molar-refractivity contribution in [2.45, 2.75) is 51.7 Å². The molecule has 1 aliphatic rings. The molecule has 2 atom stereocenters. The number of pyridine rings is 1. The lowest BCUT2D eigenvalue weighted by atomic mass is 9.84. The van der Waals surface area contributed by atoms with E-state index in [0.717, 1.165) is 25.3 Å². The van der Waals surface area contributed by atoms with Crippen molar-refractivity contribution in [2.75, 3.05) is 13.2 Å². The van der Waals surface area contributed by atoms with Crippen LogP contribution in [-0.4, -0.2) is 23.7 Å². The number of nitrogens with one attached hydrogen (secondary N) is 1. The molecule has 1 saturated heterocycles. The van der Waals surface area contributed by atoms with E-state index in [9.17, 15) is 0 Å². The van der Waals surface area contributed by atoms with Gasteiger partial charge < -0.3 is 10.1 Å². The molecule has 0 aliphatic carbocycles. The Morgan fingerprint density at radius 2 is 2.28 bits per heavy atom. The number of hydrogen-bond donors (Lipinski definition) is 1. The summed E-state index contributed by atoms with van der Waals surface area (Å²) in [5, 5.41) is 3.56. The fourth-order valence-corrected chi connectivity index (χ4v) is 2.72. The highest BCUT2D eigenvalue weighted by molar-refractivity contribution is 5.21. The average molecular weight is 248 g/mol. The second-order valence-electron chi connectivity index (χ2n) is 5.34. The molecule has 1 N–H and O–H groups in total. The summed E-state index contributed by atoms with van der Waals surface area (Å²) in [5.74, 6) is 0. The van der Waals surface area contributed by atoms with Crippen LogP contribution in [0.5, 0.6) is 0 Å². The van der Waals surface area contributed by atoms with Crippen molar-refractivity contribution < 1.29 is 4.74 Å². The monoisotopic (exact) mass is 248 g/mol. The van der Waals surface area contributed by atoms with E-state index >= 15 is 0 Å². The van der Waals surface area contributed by atoms with E-state index in [1.54, 1.807) is 0 Å². The third-order valence-corrected chi connectivity index (χ3v) is 3.79. The normalized spacial score (nSPS) is 25.9. The van der Waals surface area contributed by atoms with Crippen LogP contribution < -0.4 is 5.32 Å². The minimum atomic E-state index is -0.106. The molecule has 0 radical (unpaired) electrons. The van der Waals surface area contributed by atoms with E-state index in [1.807, 2.05) is 13.1 Å². The van der Waals surface area contributed by atoms with Crippen molar-refractivity contribution >= 4 is 0 Å². The van der Waals surface area contributed by atoms with Crippen LogP contribution in [0, 0.1) is 6.92 Å². The van der Waals surface area contributed by atoms with Crippen molar-refractivity contribution in [3.63, 3.8) is 0 Å². The number of ether oxygens (including phenoxy) is 1. The number of rotatable bonds is 4. The maximum Gasteiger partial charge on any atom is 0.0848 e. The van der Waals surface area contributed by atoms with Crippen LogP contribution in [0.4, 0.5) is 0 Å². The summed E-state index contributed by atoms with van der Waals surface area (Å²) in [6.07, 6.45) is 5.52. The highest BCUT2D eigenvalue weighted by atomic mass is 16.5. The Balaban J connectivity index is 2.23. The Labute approximate surface area is 110 Å². The molecule has 0 amide bonds. The molecule has 2 heterocycles. The first-order chi connectivity index (χ1) is 8.65. The molecule has 2 rings (SSSR count). The van der Waals surface area contributed by atoms with Gasteiger partial charge in [0.05, 0.1) is 11.6 Å². The van der Waals surface area contributed by atoms with Crippen molar-refractivity contribution in [3.8, 4) is 0 Å². The number of hydrogen-bond acceptors (Lipinski definition) is 3. The minimum Gasteiger partial charge on any atom is -0.373 e. The van der Waals surface area contributed by atoms with Crippen LogP contribution in [0.1, 0.15) is 50.4 Å². The first-order valence-electron chi connectivity index (χ1n) is 6.95. The number of aryl methyl sites for hydroxylation is 1. The molecule has 1 aromatic heterocycles. The number of likely N-dealkylation sites (N-methyl/N-ethyl adjacent to an activating group) is 1. The maximum absolute atomic E-state index is 6.07. The molecular formula is C15H24N2O. The summed E-state index contributed by atoms with van der Waals surface area (Å²) in [6, 6.07) is 4.47. The molecule has 100 valence electrons. The zero-order chi connectivity index (χ0) is 13.0. The highest BCUT2D eigenvalue weighted by Crippen LogP contribution is 2.36. The lowest BCUT2D eigenvalue weighted by Gasteiger charge is -2.41. The third-order valence-electron chi connectivity index (χ3n) is 3.79. The van der Waals surface area contributed by atoms with Gasteiger partial charge in [0, 0.05) is 18.5 Å². The standard InChI is InChI=1S/C15H24N2O/c1-4-16-14(13-8-7-12(2)17-11-13)15(3)9-5-6-10-18-15/h7-8,11,14,16H,4-6,9-10H2,1-3H3. The molecule has 18 heavy (non-hydrogen) atoms. The Hall–Kier alpha value is -0.930. The minimum absolute atomic E-state index is 0.106. The lowest BCUT2D eigenvalue weighted by molar-refractivity contribution is -0.0896. The van der Waals surface area contributed by atoms with E-state index in [1.165, 1.54) is 18.4 Å². The van der Waals surface area contributed by atoms with E-state index in [0.29, 0.717) is 0 Å². The van der Waals surface area contributed by atoms with E-state index < -0.39 is 0 Å². The van der Waals surface area contributed by atoms with E-state index in [2.05, 4.69) is 36.3 Å². The van der Waals surface area contributed by atoms with Gasteiger partial charge in [-0.05, 0) is 51.3 Å². The van der Waals surface area contributed by atoms with Crippen LogP contribution in [0.2, 0.25) is 0 Å². The highest BCUT2D eigenvalue weighted by Gasteiger charge is 2.37. The molecular weight excluding hydrogens is 224 g/mol. The van der Waals surface area contributed by atoms with Crippen LogP contribution in [-0.2, 0) is 4.74 Å². The molecule has 3 nitrogen and oxygen atoms in total. The third kappa shape index (κ3) is 2.90. The quantitative estimate of drug-likeness (QED) is 0.889. The average Bonchev–Trinajstić information content (AvgIpc) is 2.38. The summed E-state index contributed by atoms with van der Waals surface area (Å²) >= 11 is 0. The second-order valence-corrected chi connectivity index (χ2v) is 5.34. The van der Waals surface area contributed by atoms with Crippen LogP contribution in [0.15, 0.2) is 18.3 Å². The number of aromatic nitrogens is 1. The van der Waals surface area contributed by atoms with Gasteiger partial charge in [-0.2, -0.15) is 0 Å². The summed E-state index contributed by atoms with van der Waals surface area (Å²) in [6.45, 7) is 8.19. The topological polar surface area (TPSA) is 34.2 Å². The zero-order valence-electron chi connectivity index (χ0n) is 11.7. The molecule has 3 heteroatoms. The van der Waals surface area contributed by atoms with Gasteiger partial charge in [0.1, 0.15) is 0 Å². The Bertz CT molecular complexity index is 369. The Morgan fingerprint density at radius 3 is 2.83 bits per heavy atom. The first-order valence-corrected chi connectivity index (χ1v) is 6.95. The summed E-state index contributed by atoms with van der Waals surface area (Å²) in [7, 11) is 0. The van der Waals surface area contributed by atoms with Crippen molar-refractivity contribution in [3.05, 3.63) is 29.6 Å². The molecule has 0 saturated carbocycles. The fraction of sp³-hybridized carbons (Fsp3) is 0.667. The SMILES string of the molecule is CCNC(c1ccc(C)nc1)C1(C)CCCCO1. The van der Waals surface area contributed by atoms with Crippen molar-refractivity contribution in [1.29, 1.82) is 0 Å². The molecule has 0 bridgehead atoms. The predicted molar refractivity (Wildman–Crippen MR) is 73.6 cm³/mol. The van der Waals surface area contributed by atoms with Gasteiger partial charge in [0.25, 0.3) is 0 Å². The Kier molecular flexibility index (Phi) is 4.36. The van der Waals surface area contributed by atoms with E-state index in [-0.39, 0.29) is 11.6 Å². The molecule has 0 aromatic carbocycles. The smallest absolute Gasteiger partial charge is 0.0848 e. The van der Waals surface area contributed by atoms with Gasteiger partial charge in [0.2, 0.25) is 0 Å². The van der Waals surface area contributed by atoms with Gasteiger partial charge in [-0.15, -0.1) is 0 Å². The second kappa shape index (κ2) is 5.81. The largest absolute Gasteiger partial charge is 0.373 e. The molecule has 1 aliphatic heterocycles. The Morgan fingerprint density at radius 1 is 1.44 bits per heavy atom. The van der Waals surface area contributed by atoms with Crippen molar-refractivity contribution in [2.24, 2.45) is 0 Å². The van der Waals surface area contributed by atoms with E-state index in [4.69, 9.17) is 4.74 Å². The first kappa shape index (κ1) is 13.5.